The molecule has 0 unspecified atom stereocenters. The highest BCUT2D eigenvalue weighted by Crippen LogP contribution is 2.39. The van der Waals surface area contributed by atoms with Gasteiger partial charge in [0.2, 0.25) is 0 Å². The van der Waals surface area contributed by atoms with Gasteiger partial charge in [0.25, 0.3) is 5.88 Å². The second-order valence-electron chi connectivity index (χ2n) is 5.18. The Labute approximate surface area is 126 Å². The first kappa shape index (κ1) is 12.6. The molecule has 1 aliphatic rings. The Bertz CT molecular complexity index is 797. The average molecular weight is 301 g/mol. The normalized spacial score (nSPS) is 14.5. The number of pyridine rings is 1. The van der Waals surface area contributed by atoms with Gasteiger partial charge >= 0.3 is 0 Å². The van der Waals surface area contributed by atoms with E-state index in [1.165, 1.54) is 24.6 Å². The summed E-state index contributed by atoms with van der Waals surface area (Å²) in [6, 6.07) is 4.20. The first-order valence-corrected chi connectivity index (χ1v) is 7.24. The van der Waals surface area contributed by atoms with Gasteiger partial charge in [0, 0.05) is 24.8 Å². The Morgan fingerprint density at radius 3 is 2.86 bits per heavy atom. The molecule has 0 amide bonds. The Hall–Kier alpha value is -2.14. The molecule has 0 aliphatic heterocycles. The van der Waals surface area contributed by atoms with Gasteiger partial charge in [0.05, 0.1) is 5.69 Å². The zero-order chi connectivity index (χ0) is 14.2. The molecule has 3 aromatic rings. The average Bonchev–Trinajstić information content (AvgIpc) is 3.26. The summed E-state index contributed by atoms with van der Waals surface area (Å²) in [5, 5.41) is 0.261. The van der Waals surface area contributed by atoms with Gasteiger partial charge in [-0.2, -0.15) is 0 Å². The molecule has 21 heavy (non-hydrogen) atoms. The number of ether oxygens (including phenoxy) is 1. The molecule has 0 radical (unpaired) electrons. The van der Waals surface area contributed by atoms with Gasteiger partial charge in [-0.3, -0.25) is 0 Å². The number of imidazole rings is 1. The first-order chi connectivity index (χ1) is 10.3. The lowest BCUT2D eigenvalue weighted by Crippen LogP contribution is -1.98. The van der Waals surface area contributed by atoms with E-state index in [0.29, 0.717) is 12.5 Å². The molecular weight excluding hydrogens is 288 g/mol. The standard InChI is InChI=1S/C15H13ClN4O/c16-14-15(18-6-5-17-14)21-9-12-8-20-7-11(10-1-2-10)3-4-13(20)19-12/h3-8,10H,1-2,9H2. The maximum atomic E-state index is 5.91. The second kappa shape index (κ2) is 5.00. The van der Waals surface area contributed by atoms with Crippen molar-refractivity contribution in [1.82, 2.24) is 19.4 Å². The number of fused-ring (bicyclic) bond motifs is 1. The van der Waals surface area contributed by atoms with Crippen LogP contribution in [0.5, 0.6) is 5.88 Å². The van der Waals surface area contributed by atoms with Gasteiger partial charge in [-0.25, -0.2) is 15.0 Å². The largest absolute Gasteiger partial charge is 0.469 e. The third kappa shape index (κ3) is 2.56. The van der Waals surface area contributed by atoms with Crippen molar-refractivity contribution in [2.24, 2.45) is 0 Å². The summed E-state index contributed by atoms with van der Waals surface area (Å²) in [5.41, 5.74) is 3.14. The number of hydrogen-bond acceptors (Lipinski definition) is 4. The molecule has 0 N–H and O–H groups in total. The van der Waals surface area contributed by atoms with E-state index in [1.807, 2.05) is 16.7 Å². The highest BCUT2D eigenvalue weighted by atomic mass is 35.5. The first-order valence-electron chi connectivity index (χ1n) is 6.86. The fourth-order valence-electron chi connectivity index (χ4n) is 2.34. The van der Waals surface area contributed by atoms with Crippen LogP contribution in [0.1, 0.15) is 30.0 Å². The number of rotatable bonds is 4. The van der Waals surface area contributed by atoms with Crippen LogP contribution in [0.2, 0.25) is 5.15 Å². The van der Waals surface area contributed by atoms with E-state index in [4.69, 9.17) is 16.3 Å². The fourth-order valence-corrected chi connectivity index (χ4v) is 2.50. The van der Waals surface area contributed by atoms with Crippen molar-refractivity contribution in [1.29, 1.82) is 0 Å². The van der Waals surface area contributed by atoms with E-state index < -0.39 is 0 Å². The molecule has 0 bridgehead atoms. The number of halogens is 1. The molecule has 4 rings (SSSR count). The van der Waals surface area contributed by atoms with Crippen molar-refractivity contribution < 1.29 is 4.74 Å². The smallest absolute Gasteiger partial charge is 0.252 e. The lowest BCUT2D eigenvalue weighted by atomic mass is 10.2. The molecular formula is C15H13ClN4O. The van der Waals surface area contributed by atoms with Crippen LogP contribution in [0.25, 0.3) is 5.65 Å². The summed E-state index contributed by atoms with van der Waals surface area (Å²) in [4.78, 5) is 12.5. The van der Waals surface area contributed by atoms with Crippen LogP contribution in [-0.4, -0.2) is 19.4 Å². The molecule has 1 aliphatic carbocycles. The lowest BCUT2D eigenvalue weighted by molar-refractivity contribution is 0.289. The van der Waals surface area contributed by atoms with E-state index in [0.717, 1.165) is 17.3 Å². The summed E-state index contributed by atoms with van der Waals surface area (Å²) in [6.07, 6.45) is 9.79. The van der Waals surface area contributed by atoms with Crippen molar-refractivity contribution in [2.75, 3.05) is 0 Å². The van der Waals surface area contributed by atoms with Crippen LogP contribution in [0, 0.1) is 0 Å². The van der Waals surface area contributed by atoms with Crippen molar-refractivity contribution in [3.63, 3.8) is 0 Å². The van der Waals surface area contributed by atoms with Crippen LogP contribution < -0.4 is 4.74 Å². The van der Waals surface area contributed by atoms with Crippen LogP contribution in [0.3, 0.4) is 0 Å². The van der Waals surface area contributed by atoms with Gasteiger partial charge in [-0.15, -0.1) is 0 Å². The summed E-state index contributed by atoms with van der Waals surface area (Å²) in [7, 11) is 0. The van der Waals surface area contributed by atoms with Gasteiger partial charge in [0.15, 0.2) is 5.15 Å². The highest BCUT2D eigenvalue weighted by molar-refractivity contribution is 6.30. The quantitative estimate of drug-likeness (QED) is 0.742. The third-order valence-electron chi connectivity index (χ3n) is 3.55. The molecule has 5 nitrogen and oxygen atoms in total. The number of hydrogen-bond donors (Lipinski definition) is 0. The van der Waals surface area contributed by atoms with Crippen molar-refractivity contribution in [3.05, 3.63) is 53.3 Å². The minimum atomic E-state index is 0.261. The van der Waals surface area contributed by atoms with Crippen LogP contribution in [0.15, 0.2) is 36.9 Å². The molecule has 0 spiro atoms. The van der Waals surface area contributed by atoms with E-state index in [2.05, 4.69) is 27.2 Å². The minimum absolute atomic E-state index is 0.261. The Kier molecular flexibility index (Phi) is 3.00. The summed E-state index contributed by atoms with van der Waals surface area (Å²) in [6.45, 7) is 0.318. The van der Waals surface area contributed by atoms with Crippen LogP contribution >= 0.6 is 11.6 Å². The van der Waals surface area contributed by atoms with Gasteiger partial charge in [0.1, 0.15) is 12.3 Å². The SMILES string of the molecule is Clc1nccnc1OCc1cn2cc(C3CC3)ccc2n1. The van der Waals surface area contributed by atoms with Crippen LogP contribution in [-0.2, 0) is 6.61 Å². The number of aromatic nitrogens is 4. The lowest BCUT2D eigenvalue weighted by Gasteiger charge is -2.02. The molecule has 1 saturated carbocycles. The molecule has 0 aromatic carbocycles. The highest BCUT2D eigenvalue weighted by Gasteiger charge is 2.23. The van der Waals surface area contributed by atoms with Gasteiger partial charge in [-0.1, -0.05) is 17.7 Å². The second-order valence-corrected chi connectivity index (χ2v) is 5.53. The van der Waals surface area contributed by atoms with E-state index in [9.17, 15) is 0 Å². The zero-order valence-electron chi connectivity index (χ0n) is 11.2. The predicted molar refractivity (Wildman–Crippen MR) is 78.5 cm³/mol. The number of nitrogens with zero attached hydrogens (tertiary/aromatic N) is 4. The van der Waals surface area contributed by atoms with E-state index >= 15 is 0 Å². The third-order valence-corrected chi connectivity index (χ3v) is 3.81. The molecule has 0 saturated heterocycles. The van der Waals surface area contributed by atoms with Crippen molar-refractivity contribution in [3.8, 4) is 5.88 Å². The van der Waals surface area contributed by atoms with Gasteiger partial charge < -0.3 is 9.14 Å². The van der Waals surface area contributed by atoms with Crippen LogP contribution in [0.4, 0.5) is 0 Å². The maximum Gasteiger partial charge on any atom is 0.252 e. The maximum absolute atomic E-state index is 5.91. The summed E-state index contributed by atoms with van der Waals surface area (Å²) < 4.78 is 7.61. The van der Waals surface area contributed by atoms with E-state index in [1.54, 1.807) is 6.20 Å². The predicted octanol–water partition coefficient (Wildman–Crippen LogP) is 3.23. The topological polar surface area (TPSA) is 52.3 Å². The summed E-state index contributed by atoms with van der Waals surface area (Å²) in [5.74, 6) is 1.06. The Morgan fingerprint density at radius 2 is 2.05 bits per heavy atom. The molecule has 6 heteroatoms. The Balaban J connectivity index is 1.55. The zero-order valence-corrected chi connectivity index (χ0v) is 12.0. The van der Waals surface area contributed by atoms with E-state index in [-0.39, 0.29) is 5.15 Å². The summed E-state index contributed by atoms with van der Waals surface area (Å²) >= 11 is 5.91. The molecule has 0 atom stereocenters. The molecule has 1 fully saturated rings. The van der Waals surface area contributed by atoms with Crippen molar-refractivity contribution in [2.45, 2.75) is 25.4 Å². The molecule has 106 valence electrons. The molecule has 3 aromatic heterocycles. The Morgan fingerprint density at radius 1 is 1.19 bits per heavy atom. The molecule has 3 heterocycles. The minimum Gasteiger partial charge on any atom is -0.469 e. The van der Waals surface area contributed by atoms with Crippen molar-refractivity contribution >= 4 is 17.2 Å². The fraction of sp³-hybridized carbons (Fsp3) is 0.267. The van der Waals surface area contributed by atoms with Gasteiger partial charge in [-0.05, 0) is 30.4 Å². The monoisotopic (exact) mass is 300 g/mol.